The lowest BCUT2D eigenvalue weighted by Crippen LogP contribution is -2.11. The Hall–Kier alpha value is -0.630. The molecule has 0 aliphatic heterocycles. The van der Waals surface area contributed by atoms with E-state index >= 15 is 0 Å². The van der Waals surface area contributed by atoms with Gasteiger partial charge in [-0.05, 0) is 23.8 Å². The van der Waals surface area contributed by atoms with Gasteiger partial charge in [-0.1, -0.05) is 27.5 Å². The van der Waals surface area contributed by atoms with Gasteiger partial charge in [-0.25, -0.2) is 4.98 Å². The molecule has 1 unspecified atom stereocenters. The van der Waals surface area contributed by atoms with Gasteiger partial charge in [0.05, 0.1) is 6.04 Å². The van der Waals surface area contributed by atoms with E-state index in [0.29, 0.717) is 31.3 Å². The van der Waals surface area contributed by atoms with Crippen LogP contribution in [0.5, 0.6) is 0 Å². The first-order chi connectivity index (χ1) is 8.79. The normalized spacial score (nSPS) is 13.6. The van der Waals surface area contributed by atoms with E-state index in [4.69, 9.17) is 17.3 Å². The number of rotatable bonds is 2. The molecular weight excluding hydrogens is 365 g/mol. The first-order valence-electron chi connectivity index (χ1n) is 5.02. The summed E-state index contributed by atoms with van der Waals surface area (Å²) in [5.41, 5.74) is 6.57. The minimum absolute atomic E-state index is 0.329. The van der Waals surface area contributed by atoms with Gasteiger partial charge >= 0.3 is 6.18 Å². The van der Waals surface area contributed by atoms with Gasteiger partial charge in [-0.2, -0.15) is 13.2 Å². The lowest BCUT2D eigenvalue weighted by atomic mass is 10.1. The summed E-state index contributed by atoms with van der Waals surface area (Å²) in [6.45, 7) is 0. The zero-order valence-corrected chi connectivity index (χ0v) is 12.4. The fourth-order valence-corrected chi connectivity index (χ4v) is 2.95. The molecular formula is C11H7BrClF3N2S. The van der Waals surface area contributed by atoms with Crippen LogP contribution in [0.15, 0.2) is 28.9 Å². The predicted octanol–water partition coefficient (Wildman–Crippen LogP) is 4.63. The molecule has 2 aromatic rings. The van der Waals surface area contributed by atoms with Crippen molar-refractivity contribution in [2.45, 2.75) is 12.2 Å². The van der Waals surface area contributed by atoms with Crippen molar-refractivity contribution in [3.05, 3.63) is 49.3 Å². The van der Waals surface area contributed by atoms with E-state index in [1.807, 2.05) is 0 Å². The van der Waals surface area contributed by atoms with Crippen LogP contribution in [0, 0.1) is 0 Å². The van der Waals surface area contributed by atoms with Crippen LogP contribution < -0.4 is 5.73 Å². The third-order valence-corrected chi connectivity index (χ3v) is 4.45. The molecule has 0 saturated heterocycles. The summed E-state index contributed by atoms with van der Waals surface area (Å²) in [5, 5.41) is -0.440. The van der Waals surface area contributed by atoms with Gasteiger partial charge in [-0.3, -0.25) is 0 Å². The van der Waals surface area contributed by atoms with E-state index in [1.54, 1.807) is 18.2 Å². The van der Waals surface area contributed by atoms with Crippen molar-refractivity contribution < 1.29 is 13.2 Å². The second-order valence-electron chi connectivity index (χ2n) is 3.71. The minimum atomic E-state index is -4.45. The smallest absolute Gasteiger partial charge is 0.320 e. The molecule has 2 rings (SSSR count). The number of nitrogens with two attached hydrogens (primary N) is 1. The van der Waals surface area contributed by atoms with Crippen LogP contribution >= 0.6 is 38.9 Å². The molecule has 2 nitrogen and oxygen atoms in total. The van der Waals surface area contributed by atoms with Crippen LogP contribution in [0.4, 0.5) is 13.2 Å². The topological polar surface area (TPSA) is 38.9 Å². The summed E-state index contributed by atoms with van der Waals surface area (Å²) in [4.78, 5) is 3.68. The Bertz CT molecular complexity index is 600. The van der Waals surface area contributed by atoms with Crippen LogP contribution in [0.1, 0.15) is 21.5 Å². The van der Waals surface area contributed by atoms with E-state index in [-0.39, 0.29) is 0 Å². The Morgan fingerprint density at radius 3 is 2.63 bits per heavy atom. The first kappa shape index (κ1) is 14.8. The zero-order chi connectivity index (χ0) is 14.2. The summed E-state index contributed by atoms with van der Waals surface area (Å²) >= 11 is 9.69. The standard InChI is InChI=1S/C11H7BrClF3N2S/c12-7-2-1-5(13)3-6(7)9(17)8-4-18-10(19-8)11(14,15)16/h1-4,9H,17H2. The third-order valence-electron chi connectivity index (χ3n) is 2.37. The Kier molecular flexibility index (Phi) is 4.20. The largest absolute Gasteiger partial charge is 0.443 e. The molecule has 1 aromatic carbocycles. The van der Waals surface area contributed by atoms with Crippen LogP contribution in [-0.2, 0) is 6.18 Å². The number of hydrogen-bond acceptors (Lipinski definition) is 3. The van der Waals surface area contributed by atoms with Gasteiger partial charge in [-0.15, -0.1) is 11.3 Å². The van der Waals surface area contributed by atoms with Crippen molar-refractivity contribution >= 4 is 38.9 Å². The lowest BCUT2D eigenvalue weighted by molar-refractivity contribution is -0.137. The fraction of sp³-hybridized carbons (Fsp3) is 0.182. The molecule has 1 aromatic heterocycles. The highest BCUT2D eigenvalue weighted by Crippen LogP contribution is 2.37. The molecule has 0 radical (unpaired) electrons. The monoisotopic (exact) mass is 370 g/mol. The van der Waals surface area contributed by atoms with Crippen molar-refractivity contribution in [2.24, 2.45) is 5.73 Å². The second kappa shape index (κ2) is 5.40. The van der Waals surface area contributed by atoms with Crippen molar-refractivity contribution in [2.75, 3.05) is 0 Å². The lowest BCUT2D eigenvalue weighted by Gasteiger charge is -2.12. The van der Waals surface area contributed by atoms with Gasteiger partial charge < -0.3 is 5.73 Å². The third kappa shape index (κ3) is 3.28. The average Bonchev–Trinajstić information content (AvgIpc) is 2.80. The summed E-state index contributed by atoms with van der Waals surface area (Å²) in [6.07, 6.45) is -3.31. The van der Waals surface area contributed by atoms with Gasteiger partial charge in [0, 0.05) is 20.6 Å². The average molecular weight is 372 g/mol. The fourth-order valence-electron chi connectivity index (χ4n) is 1.47. The molecule has 2 N–H and O–H groups in total. The summed E-state index contributed by atoms with van der Waals surface area (Å²) in [6, 6.07) is 4.27. The van der Waals surface area contributed by atoms with Gasteiger partial charge in [0.1, 0.15) is 0 Å². The van der Waals surface area contributed by atoms with Crippen molar-refractivity contribution in [3.8, 4) is 0 Å². The molecule has 0 spiro atoms. The number of aromatic nitrogens is 1. The number of halogens is 5. The van der Waals surface area contributed by atoms with Crippen LogP contribution in [0.3, 0.4) is 0 Å². The van der Waals surface area contributed by atoms with E-state index in [2.05, 4.69) is 20.9 Å². The van der Waals surface area contributed by atoms with Crippen molar-refractivity contribution in [1.82, 2.24) is 4.98 Å². The molecule has 0 aliphatic rings. The molecule has 1 heterocycles. The Morgan fingerprint density at radius 1 is 1.37 bits per heavy atom. The van der Waals surface area contributed by atoms with E-state index < -0.39 is 17.2 Å². The number of nitrogens with zero attached hydrogens (tertiary/aromatic N) is 1. The Balaban J connectivity index is 2.36. The maximum Gasteiger partial charge on any atom is 0.443 e. The predicted molar refractivity (Wildman–Crippen MR) is 72.3 cm³/mol. The van der Waals surface area contributed by atoms with Crippen LogP contribution in [0.25, 0.3) is 0 Å². The quantitative estimate of drug-likeness (QED) is 0.836. The summed E-state index contributed by atoms with van der Waals surface area (Å²) in [5.74, 6) is 0. The SMILES string of the molecule is NC(c1cnc(C(F)(F)F)s1)c1cc(Cl)ccc1Br. The number of hydrogen-bond donors (Lipinski definition) is 1. The Morgan fingerprint density at radius 2 is 2.05 bits per heavy atom. The van der Waals surface area contributed by atoms with Crippen LogP contribution in [0.2, 0.25) is 5.02 Å². The van der Waals surface area contributed by atoms with Gasteiger partial charge in [0.2, 0.25) is 0 Å². The van der Waals surface area contributed by atoms with Crippen molar-refractivity contribution in [1.29, 1.82) is 0 Å². The van der Waals surface area contributed by atoms with Crippen LogP contribution in [-0.4, -0.2) is 4.98 Å². The molecule has 102 valence electrons. The highest BCUT2D eigenvalue weighted by molar-refractivity contribution is 9.10. The Labute approximate surface area is 124 Å². The minimum Gasteiger partial charge on any atom is -0.320 e. The van der Waals surface area contributed by atoms with E-state index in [9.17, 15) is 13.2 Å². The van der Waals surface area contributed by atoms with E-state index in [0.717, 1.165) is 6.20 Å². The molecule has 8 heteroatoms. The molecule has 0 amide bonds. The summed E-state index contributed by atoms with van der Waals surface area (Å²) in [7, 11) is 0. The molecule has 0 bridgehead atoms. The van der Waals surface area contributed by atoms with Gasteiger partial charge in [0.15, 0.2) is 5.01 Å². The highest BCUT2D eigenvalue weighted by Gasteiger charge is 2.35. The highest BCUT2D eigenvalue weighted by atomic mass is 79.9. The summed E-state index contributed by atoms with van der Waals surface area (Å²) < 4.78 is 38.1. The number of alkyl halides is 3. The maximum absolute atomic E-state index is 12.5. The number of thiazole rings is 1. The van der Waals surface area contributed by atoms with E-state index in [1.165, 1.54) is 0 Å². The second-order valence-corrected chi connectivity index (χ2v) is 6.06. The van der Waals surface area contributed by atoms with Crippen molar-refractivity contribution in [3.63, 3.8) is 0 Å². The van der Waals surface area contributed by atoms with Gasteiger partial charge in [0.25, 0.3) is 0 Å². The molecule has 0 saturated carbocycles. The number of benzene rings is 1. The first-order valence-corrected chi connectivity index (χ1v) is 7.01. The molecule has 19 heavy (non-hydrogen) atoms. The maximum atomic E-state index is 12.5. The molecule has 0 aliphatic carbocycles. The molecule has 1 atom stereocenters. The zero-order valence-electron chi connectivity index (χ0n) is 9.21. The molecule has 0 fully saturated rings.